The fourth-order valence-electron chi connectivity index (χ4n) is 3.13. The molecule has 0 saturated heterocycles. The van der Waals surface area contributed by atoms with E-state index in [1.54, 1.807) is 11.1 Å². The number of hydrogen-bond acceptors (Lipinski definition) is 0. The van der Waals surface area contributed by atoms with Crippen molar-refractivity contribution in [3.63, 3.8) is 0 Å². The van der Waals surface area contributed by atoms with Gasteiger partial charge in [-0.05, 0) is 69.8 Å². The van der Waals surface area contributed by atoms with Gasteiger partial charge in [0.1, 0.15) is 0 Å². The van der Waals surface area contributed by atoms with Crippen molar-refractivity contribution in [3.05, 3.63) is 38.4 Å². The van der Waals surface area contributed by atoms with Gasteiger partial charge in [-0.2, -0.15) is 0 Å². The minimum Gasteiger partial charge on any atom is -0.0683 e. The van der Waals surface area contributed by atoms with Crippen LogP contribution >= 0.6 is 15.9 Å². The maximum atomic E-state index is 3.82. The second-order valence-corrected chi connectivity index (χ2v) is 6.88. The van der Waals surface area contributed by atoms with Crippen LogP contribution < -0.4 is 0 Å². The summed E-state index contributed by atoms with van der Waals surface area (Å²) in [5.74, 6) is 0. The van der Waals surface area contributed by atoms with Crippen molar-refractivity contribution in [3.8, 4) is 0 Å². The van der Waals surface area contributed by atoms with Crippen molar-refractivity contribution in [1.82, 2.24) is 0 Å². The van der Waals surface area contributed by atoms with Gasteiger partial charge < -0.3 is 0 Å². The molecule has 1 aromatic carbocycles. The van der Waals surface area contributed by atoms with E-state index in [4.69, 9.17) is 0 Å². The fourth-order valence-corrected chi connectivity index (χ4v) is 3.89. The largest absolute Gasteiger partial charge is 0.0683 e. The van der Waals surface area contributed by atoms with Gasteiger partial charge in [0.2, 0.25) is 0 Å². The maximum absolute atomic E-state index is 3.82. The Morgan fingerprint density at radius 1 is 1.19 bits per heavy atom. The summed E-state index contributed by atoms with van der Waals surface area (Å²) >= 11 is 3.82. The molecule has 2 aliphatic carbocycles. The Bertz CT molecular complexity index is 507. The van der Waals surface area contributed by atoms with E-state index in [1.165, 1.54) is 34.0 Å². The number of hydrogen-bond donors (Lipinski definition) is 0. The number of fused-ring (bicyclic) bond motifs is 2. The normalized spacial score (nSPS) is 20.6. The van der Waals surface area contributed by atoms with Crippen LogP contribution in [-0.4, -0.2) is 0 Å². The third-order valence-corrected chi connectivity index (χ3v) is 4.67. The molecule has 3 rings (SSSR count). The molecule has 0 bridgehead atoms. The lowest BCUT2D eigenvalue weighted by molar-refractivity contribution is 0.392. The fraction of sp³-hybridized carbons (Fsp3) is 0.467. The average Bonchev–Trinajstić information content (AvgIpc) is 2.65. The van der Waals surface area contributed by atoms with E-state index in [2.05, 4.69) is 48.8 Å². The van der Waals surface area contributed by atoms with Gasteiger partial charge in [-0.3, -0.25) is 0 Å². The molecule has 0 amide bonds. The van der Waals surface area contributed by atoms with Crippen LogP contribution in [0.1, 0.15) is 43.0 Å². The number of benzene rings is 1. The minimum atomic E-state index is 0.443. The molecular weight excluding hydrogens is 260 g/mol. The SMILES string of the molecule is CC1=Cc2c(cc3c(c2Br)CC(C)(C)C3)C1. The van der Waals surface area contributed by atoms with Crippen LogP contribution in [0, 0.1) is 5.41 Å². The summed E-state index contributed by atoms with van der Waals surface area (Å²) in [6.45, 7) is 6.96. The molecular formula is C15H17Br. The van der Waals surface area contributed by atoms with Crippen LogP contribution in [-0.2, 0) is 19.3 Å². The predicted molar refractivity (Wildman–Crippen MR) is 72.7 cm³/mol. The Labute approximate surface area is 106 Å². The van der Waals surface area contributed by atoms with Gasteiger partial charge in [-0.15, -0.1) is 0 Å². The second kappa shape index (κ2) is 3.22. The molecule has 0 aliphatic heterocycles. The van der Waals surface area contributed by atoms with Crippen LogP contribution in [0.25, 0.3) is 6.08 Å². The van der Waals surface area contributed by atoms with Crippen LogP contribution in [0.15, 0.2) is 16.1 Å². The first-order valence-corrected chi connectivity index (χ1v) is 6.76. The van der Waals surface area contributed by atoms with E-state index < -0.39 is 0 Å². The lowest BCUT2D eigenvalue weighted by atomic mass is 9.90. The first kappa shape index (κ1) is 10.6. The molecule has 0 heterocycles. The topological polar surface area (TPSA) is 0 Å². The van der Waals surface area contributed by atoms with E-state index >= 15 is 0 Å². The van der Waals surface area contributed by atoms with Gasteiger partial charge in [0.05, 0.1) is 0 Å². The van der Waals surface area contributed by atoms with Gasteiger partial charge in [0.15, 0.2) is 0 Å². The first-order valence-electron chi connectivity index (χ1n) is 5.97. The summed E-state index contributed by atoms with van der Waals surface area (Å²) in [6, 6.07) is 2.44. The third-order valence-electron chi connectivity index (χ3n) is 3.77. The van der Waals surface area contributed by atoms with Crippen molar-refractivity contribution < 1.29 is 0 Å². The summed E-state index contributed by atoms with van der Waals surface area (Å²) in [5, 5.41) is 0. The lowest BCUT2D eigenvalue weighted by Crippen LogP contribution is -2.09. The van der Waals surface area contributed by atoms with Gasteiger partial charge in [0.25, 0.3) is 0 Å². The average molecular weight is 277 g/mol. The van der Waals surface area contributed by atoms with Crippen molar-refractivity contribution in [2.75, 3.05) is 0 Å². The molecule has 0 fully saturated rings. The Hall–Kier alpha value is -0.560. The van der Waals surface area contributed by atoms with Gasteiger partial charge in [-0.1, -0.05) is 31.6 Å². The standard InChI is InChI=1S/C15H17Br/c1-9-4-10-6-11-7-15(2,3)8-13(11)14(16)12(10)5-9/h5-6H,4,7-8H2,1-3H3. The molecule has 0 spiro atoms. The minimum absolute atomic E-state index is 0.443. The molecule has 0 radical (unpaired) electrons. The Kier molecular flexibility index (Phi) is 2.13. The molecule has 0 nitrogen and oxygen atoms in total. The molecule has 0 saturated carbocycles. The summed E-state index contributed by atoms with van der Waals surface area (Å²) in [7, 11) is 0. The summed E-state index contributed by atoms with van der Waals surface area (Å²) < 4.78 is 1.36. The third kappa shape index (κ3) is 1.48. The quantitative estimate of drug-likeness (QED) is 0.653. The van der Waals surface area contributed by atoms with Crippen molar-refractivity contribution >= 4 is 22.0 Å². The molecule has 1 heteroatoms. The van der Waals surface area contributed by atoms with Crippen LogP contribution in [0.3, 0.4) is 0 Å². The zero-order chi connectivity index (χ0) is 11.5. The molecule has 0 aromatic heterocycles. The number of halogens is 1. The number of rotatable bonds is 0. The van der Waals surface area contributed by atoms with E-state index in [0.717, 1.165) is 6.42 Å². The summed E-state index contributed by atoms with van der Waals surface area (Å²) in [4.78, 5) is 0. The van der Waals surface area contributed by atoms with Gasteiger partial charge in [-0.25, -0.2) is 0 Å². The van der Waals surface area contributed by atoms with Crippen molar-refractivity contribution in [2.24, 2.45) is 5.41 Å². The Morgan fingerprint density at radius 2 is 1.94 bits per heavy atom. The molecule has 84 valence electrons. The van der Waals surface area contributed by atoms with Crippen LogP contribution in [0.5, 0.6) is 0 Å². The first-order chi connectivity index (χ1) is 7.46. The summed E-state index contributed by atoms with van der Waals surface area (Å²) in [5.41, 5.74) is 8.00. The van der Waals surface area contributed by atoms with E-state index in [0.29, 0.717) is 5.41 Å². The van der Waals surface area contributed by atoms with Crippen LogP contribution in [0.4, 0.5) is 0 Å². The van der Waals surface area contributed by atoms with Crippen molar-refractivity contribution in [1.29, 1.82) is 0 Å². The van der Waals surface area contributed by atoms with E-state index in [9.17, 15) is 0 Å². The molecule has 2 aliphatic rings. The zero-order valence-electron chi connectivity index (χ0n) is 10.2. The highest BCUT2D eigenvalue weighted by molar-refractivity contribution is 9.10. The number of allylic oxidation sites excluding steroid dienone is 1. The Balaban J connectivity index is 2.18. The smallest absolute Gasteiger partial charge is 0.0285 e. The predicted octanol–water partition coefficient (Wildman–Crippen LogP) is 4.53. The van der Waals surface area contributed by atoms with Gasteiger partial charge in [0, 0.05) is 4.47 Å². The maximum Gasteiger partial charge on any atom is 0.0285 e. The van der Waals surface area contributed by atoms with Crippen molar-refractivity contribution in [2.45, 2.75) is 40.0 Å². The second-order valence-electron chi connectivity index (χ2n) is 6.09. The monoisotopic (exact) mass is 276 g/mol. The molecule has 0 atom stereocenters. The summed E-state index contributed by atoms with van der Waals surface area (Å²) in [6.07, 6.45) is 5.92. The van der Waals surface area contributed by atoms with E-state index in [1.807, 2.05) is 0 Å². The highest BCUT2D eigenvalue weighted by Gasteiger charge is 2.32. The molecule has 1 aromatic rings. The highest BCUT2D eigenvalue weighted by Crippen LogP contribution is 2.44. The molecule has 0 N–H and O–H groups in total. The highest BCUT2D eigenvalue weighted by atomic mass is 79.9. The lowest BCUT2D eigenvalue weighted by Gasteiger charge is -2.15. The van der Waals surface area contributed by atoms with E-state index in [-0.39, 0.29) is 0 Å². The zero-order valence-corrected chi connectivity index (χ0v) is 11.7. The van der Waals surface area contributed by atoms with Gasteiger partial charge >= 0.3 is 0 Å². The van der Waals surface area contributed by atoms with Crippen LogP contribution in [0.2, 0.25) is 0 Å². The molecule has 0 unspecified atom stereocenters. The molecule has 16 heavy (non-hydrogen) atoms. The Morgan fingerprint density at radius 3 is 2.69 bits per heavy atom.